The Kier molecular flexibility index (Phi) is 4.86. The van der Waals surface area contributed by atoms with Crippen LogP contribution in [-0.2, 0) is 13.0 Å². The highest BCUT2D eigenvalue weighted by molar-refractivity contribution is 7.99. The number of rotatable bonds is 6. The molecule has 1 aromatic carbocycles. The minimum Gasteiger partial charge on any atom is -0.392 e. The van der Waals surface area contributed by atoms with E-state index in [0.29, 0.717) is 6.42 Å². The van der Waals surface area contributed by atoms with E-state index in [9.17, 15) is 5.11 Å². The van der Waals surface area contributed by atoms with Crippen molar-refractivity contribution in [1.82, 2.24) is 9.78 Å². The summed E-state index contributed by atoms with van der Waals surface area (Å²) in [6.45, 7) is 2.98. The minimum absolute atomic E-state index is 0.292. The van der Waals surface area contributed by atoms with E-state index >= 15 is 0 Å². The Labute approximate surface area is 130 Å². The molecule has 1 aliphatic carbocycles. The van der Waals surface area contributed by atoms with Crippen molar-refractivity contribution in [3.05, 3.63) is 30.0 Å². The Hall–Kier alpha value is -1.00. The molecule has 1 N–H and O–H groups in total. The molecule has 1 aromatic heterocycles. The highest BCUT2D eigenvalue weighted by Gasteiger charge is 2.18. The third kappa shape index (κ3) is 3.43. The van der Waals surface area contributed by atoms with Gasteiger partial charge in [-0.15, -0.1) is 0 Å². The maximum atomic E-state index is 10.3. The number of aryl methyl sites for hydroxylation is 1. The molecule has 4 heteroatoms. The predicted molar refractivity (Wildman–Crippen MR) is 89.8 cm³/mol. The molecule has 2 aromatic rings. The fraction of sp³-hybridized carbons (Fsp3) is 0.588. The van der Waals surface area contributed by atoms with Crippen molar-refractivity contribution in [2.45, 2.75) is 56.9 Å². The Morgan fingerprint density at radius 1 is 1.33 bits per heavy atom. The first kappa shape index (κ1) is 14.9. The van der Waals surface area contributed by atoms with Gasteiger partial charge in [-0.3, -0.25) is 4.68 Å². The van der Waals surface area contributed by atoms with Crippen LogP contribution in [0, 0.1) is 0 Å². The van der Waals surface area contributed by atoms with E-state index in [1.165, 1.54) is 36.6 Å². The van der Waals surface area contributed by atoms with Crippen LogP contribution in [-0.4, -0.2) is 32.0 Å². The molecule has 0 radical (unpaired) electrons. The second-order valence-electron chi connectivity index (χ2n) is 5.88. The lowest BCUT2D eigenvalue weighted by Crippen LogP contribution is -2.16. The quantitative estimate of drug-likeness (QED) is 0.885. The molecule has 1 fully saturated rings. The first-order valence-corrected chi connectivity index (χ1v) is 9.07. The van der Waals surface area contributed by atoms with Gasteiger partial charge in [-0.1, -0.05) is 31.0 Å². The molecule has 0 saturated heterocycles. The van der Waals surface area contributed by atoms with Crippen LogP contribution in [0.5, 0.6) is 0 Å². The summed E-state index contributed by atoms with van der Waals surface area (Å²) in [5, 5.41) is 17.0. The third-order valence-corrected chi connectivity index (χ3v) is 5.81. The lowest BCUT2D eigenvalue weighted by molar-refractivity contribution is 0.199. The summed E-state index contributed by atoms with van der Waals surface area (Å²) < 4.78 is 2.03. The second-order valence-corrected chi connectivity index (χ2v) is 7.21. The Bertz CT molecular complexity index is 589. The SMILES string of the molecule is CCn1nc(CC(O)CSC2CCCC2)c2ccccc21. The molecule has 1 heterocycles. The average molecular weight is 304 g/mol. The number of hydrogen-bond acceptors (Lipinski definition) is 3. The van der Waals surface area contributed by atoms with Crippen LogP contribution in [0.3, 0.4) is 0 Å². The van der Waals surface area contributed by atoms with Gasteiger partial charge in [0.15, 0.2) is 0 Å². The zero-order chi connectivity index (χ0) is 14.7. The molecule has 1 atom stereocenters. The van der Waals surface area contributed by atoms with E-state index < -0.39 is 0 Å². The van der Waals surface area contributed by atoms with Crippen molar-refractivity contribution in [3.63, 3.8) is 0 Å². The highest BCUT2D eigenvalue weighted by Crippen LogP contribution is 2.30. The summed E-state index contributed by atoms with van der Waals surface area (Å²) in [5.41, 5.74) is 2.21. The normalized spacial score (nSPS) is 17.6. The summed E-state index contributed by atoms with van der Waals surface area (Å²) in [6, 6.07) is 8.31. The van der Waals surface area contributed by atoms with E-state index in [1.54, 1.807) is 0 Å². The molecule has 1 unspecified atom stereocenters. The fourth-order valence-corrected chi connectivity index (χ4v) is 4.45. The summed E-state index contributed by atoms with van der Waals surface area (Å²) in [4.78, 5) is 0. The number of aliphatic hydroxyl groups excluding tert-OH is 1. The summed E-state index contributed by atoms with van der Waals surface area (Å²) in [7, 11) is 0. The summed E-state index contributed by atoms with van der Waals surface area (Å²) in [5.74, 6) is 0.831. The standard InChI is InChI=1S/C17H24N2OS/c1-2-19-17-10-6-5-9-15(17)16(18-19)11-13(20)12-21-14-7-3-4-8-14/h5-6,9-10,13-14,20H,2-4,7-8,11-12H2,1H3. The van der Waals surface area contributed by atoms with Crippen LogP contribution in [0.15, 0.2) is 24.3 Å². The molecule has 0 bridgehead atoms. The van der Waals surface area contributed by atoms with E-state index in [4.69, 9.17) is 0 Å². The van der Waals surface area contributed by atoms with Crippen molar-refractivity contribution in [2.75, 3.05) is 5.75 Å². The topological polar surface area (TPSA) is 38.0 Å². The maximum absolute atomic E-state index is 10.3. The molecular weight excluding hydrogens is 280 g/mol. The smallest absolute Gasteiger partial charge is 0.0729 e. The molecule has 1 saturated carbocycles. The van der Waals surface area contributed by atoms with Crippen LogP contribution in [0.2, 0.25) is 0 Å². The molecule has 114 valence electrons. The number of aliphatic hydroxyl groups is 1. The lowest BCUT2D eigenvalue weighted by atomic mass is 10.1. The number of nitrogens with zero attached hydrogens (tertiary/aromatic N) is 2. The van der Waals surface area contributed by atoms with Crippen molar-refractivity contribution in [3.8, 4) is 0 Å². The van der Waals surface area contributed by atoms with Gasteiger partial charge in [-0.2, -0.15) is 16.9 Å². The average Bonchev–Trinajstić information content (AvgIpc) is 3.13. The minimum atomic E-state index is -0.292. The van der Waals surface area contributed by atoms with E-state index in [0.717, 1.165) is 23.2 Å². The highest BCUT2D eigenvalue weighted by atomic mass is 32.2. The van der Waals surface area contributed by atoms with E-state index in [2.05, 4.69) is 24.2 Å². The van der Waals surface area contributed by atoms with Crippen LogP contribution >= 0.6 is 11.8 Å². The van der Waals surface area contributed by atoms with Crippen molar-refractivity contribution in [1.29, 1.82) is 0 Å². The van der Waals surface area contributed by atoms with E-state index in [-0.39, 0.29) is 6.10 Å². The largest absolute Gasteiger partial charge is 0.392 e. The first-order chi connectivity index (χ1) is 10.3. The summed E-state index contributed by atoms with van der Waals surface area (Å²) >= 11 is 1.94. The number of fused-ring (bicyclic) bond motifs is 1. The van der Waals surface area contributed by atoms with Gasteiger partial charge in [0.1, 0.15) is 0 Å². The summed E-state index contributed by atoms with van der Waals surface area (Å²) in [6.07, 6.45) is 5.74. The zero-order valence-corrected chi connectivity index (χ0v) is 13.5. The monoisotopic (exact) mass is 304 g/mol. The zero-order valence-electron chi connectivity index (χ0n) is 12.7. The Morgan fingerprint density at radius 3 is 2.86 bits per heavy atom. The molecular formula is C17H24N2OS. The van der Waals surface area contributed by atoms with E-state index in [1.807, 2.05) is 28.6 Å². The fourth-order valence-electron chi connectivity index (χ4n) is 3.17. The molecule has 3 rings (SSSR count). The van der Waals surface area contributed by atoms with Gasteiger partial charge in [-0.05, 0) is 25.8 Å². The van der Waals surface area contributed by atoms with Gasteiger partial charge < -0.3 is 5.11 Å². The van der Waals surface area contributed by atoms with Crippen molar-refractivity contribution < 1.29 is 5.11 Å². The predicted octanol–water partition coefficient (Wildman–Crippen LogP) is 3.64. The second kappa shape index (κ2) is 6.84. The van der Waals surface area contributed by atoms with Crippen molar-refractivity contribution in [2.24, 2.45) is 0 Å². The van der Waals surface area contributed by atoms with Gasteiger partial charge >= 0.3 is 0 Å². The number of thioether (sulfide) groups is 1. The third-order valence-electron chi connectivity index (χ3n) is 4.29. The number of benzene rings is 1. The van der Waals surface area contributed by atoms with Crippen LogP contribution in [0.25, 0.3) is 10.9 Å². The number of hydrogen-bond donors (Lipinski definition) is 1. The maximum Gasteiger partial charge on any atom is 0.0729 e. The Morgan fingerprint density at radius 2 is 2.10 bits per heavy atom. The van der Waals surface area contributed by atoms with Gasteiger partial charge in [0.2, 0.25) is 0 Å². The molecule has 0 aliphatic heterocycles. The number of para-hydroxylation sites is 1. The van der Waals surface area contributed by atoms with Gasteiger partial charge in [0, 0.05) is 29.4 Å². The molecule has 21 heavy (non-hydrogen) atoms. The Balaban J connectivity index is 1.66. The molecule has 3 nitrogen and oxygen atoms in total. The number of aromatic nitrogens is 2. The van der Waals surface area contributed by atoms with Crippen LogP contribution < -0.4 is 0 Å². The molecule has 1 aliphatic rings. The van der Waals surface area contributed by atoms with Gasteiger partial charge in [0.05, 0.1) is 17.3 Å². The molecule has 0 spiro atoms. The van der Waals surface area contributed by atoms with Gasteiger partial charge in [0.25, 0.3) is 0 Å². The van der Waals surface area contributed by atoms with Crippen LogP contribution in [0.1, 0.15) is 38.3 Å². The first-order valence-electron chi connectivity index (χ1n) is 8.02. The lowest BCUT2D eigenvalue weighted by Gasteiger charge is -2.12. The molecule has 0 amide bonds. The van der Waals surface area contributed by atoms with Crippen LogP contribution in [0.4, 0.5) is 0 Å². The van der Waals surface area contributed by atoms with Gasteiger partial charge in [-0.25, -0.2) is 0 Å². The van der Waals surface area contributed by atoms with Crippen molar-refractivity contribution >= 4 is 22.7 Å².